The summed E-state index contributed by atoms with van der Waals surface area (Å²) in [6, 6.07) is 16.7. The molecule has 2 aromatic carbocycles. The normalized spacial score (nSPS) is 11.4. The van der Waals surface area contributed by atoms with Crippen LogP contribution in [0, 0.1) is 6.07 Å². The Bertz CT molecular complexity index is 1330. The van der Waals surface area contributed by atoms with E-state index in [-0.39, 0.29) is 31.6 Å². The quantitative estimate of drug-likeness (QED) is 0.164. The number of aromatic nitrogens is 1. The molecule has 28 heavy (non-hydrogen) atoms. The van der Waals surface area contributed by atoms with Crippen molar-refractivity contribution in [1.82, 2.24) is 4.98 Å². The number of benzene rings is 2. The second-order valence-corrected chi connectivity index (χ2v) is 6.17. The van der Waals surface area contributed by atoms with Crippen molar-refractivity contribution < 1.29 is 38.8 Å². The molecule has 6 heteroatoms. The molecule has 0 amide bonds. The molecule has 0 unspecified atom stereocenters. The summed E-state index contributed by atoms with van der Waals surface area (Å²) in [6.45, 7) is 2.85. The van der Waals surface area contributed by atoms with E-state index >= 15 is 0 Å². The number of pyridine rings is 1. The van der Waals surface area contributed by atoms with E-state index in [1.807, 2.05) is 42.5 Å². The summed E-state index contributed by atoms with van der Waals surface area (Å²) in [7, 11) is 0. The zero-order chi connectivity index (χ0) is 19.0. The zero-order valence-electron chi connectivity index (χ0n) is 15.1. The molecule has 0 atom stereocenters. The number of allylic oxidation sites excluding steroid dienone is 2. The molecular weight excluding hydrogens is 534 g/mol. The first-order valence-corrected chi connectivity index (χ1v) is 8.41. The predicted octanol–water partition coefficient (Wildman–Crippen LogP) is 5.72. The summed E-state index contributed by atoms with van der Waals surface area (Å²) < 4.78 is 11.9. The Morgan fingerprint density at radius 1 is 1.00 bits per heavy atom. The minimum Gasteiger partial charge on any atom is -0.512 e. The average Bonchev–Trinajstić information content (AvgIpc) is 2.93. The van der Waals surface area contributed by atoms with Gasteiger partial charge in [0.2, 0.25) is 0 Å². The summed E-state index contributed by atoms with van der Waals surface area (Å²) in [5.74, 6) is -0.0625. The van der Waals surface area contributed by atoms with Crippen molar-refractivity contribution in [2.24, 2.45) is 0 Å². The van der Waals surface area contributed by atoms with Crippen LogP contribution in [0.4, 0.5) is 0 Å². The number of carbonyl (C=O) groups excluding carboxylic acids is 1. The van der Waals surface area contributed by atoms with Gasteiger partial charge in [0.15, 0.2) is 5.78 Å². The first kappa shape index (κ1) is 19.8. The largest absolute Gasteiger partial charge is 0.512 e. The van der Waals surface area contributed by atoms with Crippen LogP contribution in [0.1, 0.15) is 13.8 Å². The van der Waals surface area contributed by atoms with Crippen LogP contribution in [0.25, 0.3) is 44.0 Å². The SMILES string of the molecule is CC(=O)/C=C(/C)O.[Ir].[c-]1ccc2oc3cccc4oc5cccnc5c1c2c43. The number of rotatable bonds is 1. The maximum atomic E-state index is 10.0. The molecule has 143 valence electrons. The van der Waals surface area contributed by atoms with E-state index in [9.17, 15) is 4.79 Å². The molecule has 0 bridgehead atoms. The Morgan fingerprint density at radius 3 is 2.29 bits per heavy atom. The maximum absolute atomic E-state index is 10.0. The smallest absolute Gasteiger partial charge is 0.155 e. The van der Waals surface area contributed by atoms with Crippen molar-refractivity contribution in [2.45, 2.75) is 13.8 Å². The predicted molar refractivity (Wildman–Crippen MR) is 105 cm³/mol. The van der Waals surface area contributed by atoms with Gasteiger partial charge < -0.3 is 18.9 Å². The van der Waals surface area contributed by atoms with Gasteiger partial charge in [-0.3, -0.25) is 4.79 Å². The summed E-state index contributed by atoms with van der Waals surface area (Å²) in [5, 5.41) is 11.3. The maximum Gasteiger partial charge on any atom is 0.155 e. The molecule has 5 nitrogen and oxygen atoms in total. The van der Waals surface area contributed by atoms with E-state index in [4.69, 9.17) is 13.9 Å². The number of fused-ring (bicyclic) bond motifs is 2. The van der Waals surface area contributed by atoms with Gasteiger partial charge in [0.1, 0.15) is 16.7 Å². The molecule has 0 saturated carbocycles. The fourth-order valence-corrected chi connectivity index (χ4v) is 3.12. The average molecular weight is 551 g/mol. The Hall–Kier alpha value is -2.95. The minimum atomic E-state index is -0.125. The van der Waals surface area contributed by atoms with E-state index in [1.54, 1.807) is 6.20 Å². The van der Waals surface area contributed by atoms with Gasteiger partial charge in [-0.05, 0) is 43.5 Å². The summed E-state index contributed by atoms with van der Waals surface area (Å²) in [4.78, 5) is 14.5. The Morgan fingerprint density at radius 2 is 1.64 bits per heavy atom. The number of furan rings is 1. The molecular formula is C22H16IrNO4-. The van der Waals surface area contributed by atoms with Crippen LogP contribution in [-0.4, -0.2) is 15.9 Å². The van der Waals surface area contributed by atoms with Crippen molar-refractivity contribution in [3.8, 4) is 0 Å². The number of carbonyl (C=O) groups is 1. The molecule has 1 radical (unpaired) electrons. The first-order chi connectivity index (χ1) is 13.0. The fraction of sp³-hybridized carbons (Fsp3) is 0.0909. The van der Waals surface area contributed by atoms with Gasteiger partial charge in [0.05, 0.1) is 11.3 Å². The third-order valence-electron chi connectivity index (χ3n) is 4.06. The molecule has 5 aromatic rings. The second kappa shape index (κ2) is 7.97. The Kier molecular flexibility index (Phi) is 5.63. The molecule has 3 aromatic heterocycles. The van der Waals surface area contributed by atoms with Crippen LogP contribution in [0.5, 0.6) is 0 Å². The van der Waals surface area contributed by atoms with Gasteiger partial charge in [-0.15, -0.1) is 17.5 Å². The molecule has 0 fully saturated rings. The van der Waals surface area contributed by atoms with Crippen LogP contribution in [0.15, 0.2) is 69.3 Å². The first-order valence-electron chi connectivity index (χ1n) is 8.41. The van der Waals surface area contributed by atoms with E-state index in [0.717, 1.165) is 44.0 Å². The molecule has 3 heterocycles. The van der Waals surface area contributed by atoms with Crippen molar-refractivity contribution >= 4 is 49.8 Å². The van der Waals surface area contributed by atoms with Crippen molar-refractivity contribution in [2.75, 3.05) is 0 Å². The number of aliphatic hydroxyl groups is 1. The van der Waals surface area contributed by atoms with E-state index < -0.39 is 0 Å². The molecule has 0 aliphatic rings. The molecule has 5 rings (SSSR count). The Balaban J connectivity index is 0.000000246. The number of ketones is 1. The Labute approximate surface area is 174 Å². The second-order valence-electron chi connectivity index (χ2n) is 6.17. The number of aliphatic hydroxyl groups excluding tert-OH is 1. The van der Waals surface area contributed by atoms with Gasteiger partial charge >= 0.3 is 0 Å². The molecule has 0 spiro atoms. The van der Waals surface area contributed by atoms with Crippen LogP contribution >= 0.6 is 0 Å². The van der Waals surface area contributed by atoms with Crippen LogP contribution < -0.4 is 0 Å². The third-order valence-corrected chi connectivity index (χ3v) is 4.06. The van der Waals surface area contributed by atoms with E-state index in [2.05, 4.69) is 11.1 Å². The van der Waals surface area contributed by atoms with Gasteiger partial charge in [0, 0.05) is 43.3 Å². The van der Waals surface area contributed by atoms with Gasteiger partial charge in [-0.1, -0.05) is 12.1 Å². The summed E-state index contributed by atoms with van der Waals surface area (Å²) >= 11 is 0. The van der Waals surface area contributed by atoms with Gasteiger partial charge in [-0.2, -0.15) is 0 Å². The van der Waals surface area contributed by atoms with Crippen LogP contribution in [0.3, 0.4) is 0 Å². The van der Waals surface area contributed by atoms with Gasteiger partial charge in [-0.25, -0.2) is 0 Å². The molecule has 1 N–H and O–H groups in total. The summed E-state index contributed by atoms with van der Waals surface area (Å²) in [6.07, 6.45) is 2.93. The fourth-order valence-electron chi connectivity index (χ4n) is 3.12. The zero-order valence-corrected chi connectivity index (χ0v) is 17.5. The summed E-state index contributed by atoms with van der Waals surface area (Å²) in [5.41, 5.74) is 4.01. The molecule has 0 aliphatic carbocycles. The molecule has 0 saturated heterocycles. The van der Waals surface area contributed by atoms with Crippen molar-refractivity contribution in [3.05, 3.63) is 66.6 Å². The third kappa shape index (κ3) is 3.57. The topological polar surface area (TPSA) is 76.5 Å². The standard InChI is InChI=1S/C17H8NO2.C5H8O2.Ir/c1-4-10-15-11(5-1)19-12-6-2-7-13(16(12)15)20-14-8-3-9-18-17(10)14;1-4(6)3-5(2)7;/h1-3,5-9H;3,6H,1-2H3;/q-1;;/b;4-3-;. The van der Waals surface area contributed by atoms with Gasteiger partial charge in [0.25, 0.3) is 0 Å². The minimum absolute atomic E-state index is 0. The van der Waals surface area contributed by atoms with E-state index in [1.165, 1.54) is 19.9 Å². The van der Waals surface area contributed by atoms with E-state index in [0.29, 0.717) is 0 Å². The van der Waals surface area contributed by atoms with Crippen LogP contribution in [-0.2, 0) is 24.9 Å². The molecule has 0 aliphatic heterocycles. The van der Waals surface area contributed by atoms with Crippen molar-refractivity contribution in [3.63, 3.8) is 0 Å². The number of nitrogens with zero attached hydrogens (tertiary/aromatic N) is 1. The van der Waals surface area contributed by atoms with Crippen molar-refractivity contribution in [1.29, 1.82) is 0 Å². The number of hydrogen-bond acceptors (Lipinski definition) is 5. The monoisotopic (exact) mass is 551 g/mol. The number of hydrogen-bond donors (Lipinski definition) is 1. The van der Waals surface area contributed by atoms with Crippen LogP contribution in [0.2, 0.25) is 0 Å².